The van der Waals surface area contributed by atoms with Crippen molar-refractivity contribution in [3.63, 3.8) is 0 Å². The molecule has 36 heteroatoms. The maximum Gasteiger partial charge on any atom is 0.261 e. The molecule has 4 aliphatic heterocycles. The highest BCUT2D eigenvalue weighted by molar-refractivity contribution is 6.33. The number of ether oxygens (including phenoxy) is 4. The van der Waals surface area contributed by atoms with Crippen LogP contribution in [-0.2, 0) is 76.5 Å². The molecule has 12 amide bonds. The number of carbonyl (C=O) groups is 12. The second kappa shape index (κ2) is 55.1. The largest absolute Gasteiger partial charge is 0.358 e. The van der Waals surface area contributed by atoms with Gasteiger partial charge in [-0.25, -0.2) is 0 Å². The van der Waals surface area contributed by atoms with E-state index in [0.717, 1.165) is 44.5 Å². The van der Waals surface area contributed by atoms with Crippen molar-refractivity contribution in [1.29, 1.82) is 0 Å². The van der Waals surface area contributed by atoms with Gasteiger partial charge >= 0.3 is 0 Å². The monoisotopic (exact) mass is 2070 g/mol. The zero-order valence-corrected chi connectivity index (χ0v) is 84.7. The van der Waals surface area contributed by atoms with Gasteiger partial charge in [0.05, 0.1) is 24.2 Å². The van der Waals surface area contributed by atoms with E-state index in [9.17, 15) is 57.5 Å². The molecule has 28 nitrogen and oxygen atoms in total. The van der Waals surface area contributed by atoms with E-state index in [2.05, 4.69) is 69.7 Å². The Morgan fingerprint density at radius 2 is 0.457 bits per heavy atom. The number of nitrogens with one attached hydrogen (secondary N) is 8. The van der Waals surface area contributed by atoms with Gasteiger partial charge in [0.25, 0.3) is 47.3 Å². The fraction of sp³-hybridized carbons (Fsp3) is 0.346. The van der Waals surface area contributed by atoms with Crippen LogP contribution in [0.4, 0.5) is 0 Å². The van der Waals surface area contributed by atoms with E-state index in [4.69, 9.17) is 112 Å². The summed E-state index contributed by atoms with van der Waals surface area (Å²) in [5.74, 6) is -4.96. The van der Waals surface area contributed by atoms with Crippen molar-refractivity contribution in [3.8, 4) is 0 Å². The zero-order valence-electron chi connectivity index (χ0n) is 78.7. The summed E-state index contributed by atoms with van der Waals surface area (Å²) in [4.78, 5) is 160. The van der Waals surface area contributed by atoms with Crippen LogP contribution >= 0.6 is 92.8 Å². The van der Waals surface area contributed by atoms with Gasteiger partial charge in [-0.15, -0.1) is 26.3 Å². The van der Waals surface area contributed by atoms with Crippen molar-refractivity contribution in [3.05, 3.63) is 329 Å². The summed E-state index contributed by atoms with van der Waals surface area (Å²) in [6, 6.07) is 51.3. The molecule has 12 rings (SSSR count). The van der Waals surface area contributed by atoms with Gasteiger partial charge in [0.2, 0.25) is 23.6 Å². The SMILES string of the molecule is C=CC[C@@H]1O[C@@H](c2cccc(Cl)c2)[C@@H](c2ccc(Cl)cc2)N([C@@H](CCC)C(=O)NNC(C)=O)C1=O.C=CC[C@@H]1O[C@@H](c2cccc(Cl)c2)[C@@H](c2ccc(Cl)cc2)N([C@H](CCC)C(=O)NNC(C)=O)C1=O.C=CC[C@H]1O[C@H](c2cccc(Cl)c2)[C@H](c2ccc(Cl)cc2)N([C@@H](CCC)C(=O)NNC(C)=O)C1=O.C=CC[C@H]1O[C@H](c2cccc(Cl)c2)[C@H](c2ccc(Cl)cc2)N([C@H](CCC)C(=O)NNC(C)=O)C1=O. The van der Waals surface area contributed by atoms with Crippen LogP contribution in [0.25, 0.3) is 0 Å². The minimum Gasteiger partial charge on any atom is -0.358 e. The van der Waals surface area contributed by atoms with Crippen LogP contribution in [0.1, 0.15) is 226 Å². The Kier molecular flexibility index (Phi) is 44.1. The molecule has 744 valence electrons. The Morgan fingerprint density at radius 3 is 0.607 bits per heavy atom. The van der Waals surface area contributed by atoms with Crippen molar-refractivity contribution >= 4 is 164 Å². The number of hydrogen-bond acceptors (Lipinski definition) is 16. The number of benzene rings is 8. The molecule has 0 saturated carbocycles. The highest BCUT2D eigenvalue weighted by Gasteiger charge is 2.53. The lowest BCUT2D eigenvalue weighted by Crippen LogP contribution is -2.60. The number of halogens is 8. The first kappa shape index (κ1) is 112. The minimum atomic E-state index is -0.863. The highest BCUT2D eigenvalue weighted by Crippen LogP contribution is 2.51. The number of rotatable bonds is 32. The zero-order chi connectivity index (χ0) is 102. The van der Waals surface area contributed by atoms with Crippen molar-refractivity contribution in [2.24, 2.45) is 0 Å². The third-order valence-electron chi connectivity index (χ3n) is 23.0. The van der Waals surface area contributed by atoms with E-state index in [1.54, 1.807) is 141 Å². The minimum absolute atomic E-state index is 0.270. The molecule has 4 aliphatic rings. The molecule has 8 N–H and O–H groups in total. The molecular formula is C104H116Cl8N12O16. The molecule has 0 aromatic heterocycles. The normalized spacial score (nSPS) is 20.7. The molecule has 0 spiro atoms. The van der Waals surface area contributed by atoms with Gasteiger partial charge in [-0.3, -0.25) is 101 Å². The number of amides is 12. The maximum absolute atomic E-state index is 13.8. The molecule has 8 aromatic carbocycles. The van der Waals surface area contributed by atoms with Crippen molar-refractivity contribution in [2.75, 3.05) is 0 Å². The summed E-state index contributed by atoms with van der Waals surface area (Å²) in [7, 11) is 0. The van der Waals surface area contributed by atoms with Gasteiger partial charge in [-0.1, -0.05) is 268 Å². The number of carbonyl (C=O) groups excluding carboxylic acids is 12. The second-order valence-electron chi connectivity index (χ2n) is 33.4. The second-order valence-corrected chi connectivity index (χ2v) is 36.9. The van der Waals surface area contributed by atoms with Crippen molar-refractivity contribution in [1.82, 2.24) is 63.0 Å². The van der Waals surface area contributed by atoms with Gasteiger partial charge in [-0.05, 0) is 167 Å². The molecule has 8 aromatic rings. The molecule has 0 aliphatic carbocycles. The summed E-state index contributed by atoms with van der Waals surface area (Å²) in [5, 5.41) is 4.27. The maximum atomic E-state index is 13.8. The summed E-state index contributed by atoms with van der Waals surface area (Å²) in [6.07, 6.45) is 5.74. The van der Waals surface area contributed by atoms with Gasteiger partial charge < -0.3 is 38.5 Å². The van der Waals surface area contributed by atoms with Crippen molar-refractivity contribution in [2.45, 2.75) is 230 Å². The van der Waals surface area contributed by atoms with E-state index in [0.29, 0.717) is 91.5 Å². The first-order valence-electron chi connectivity index (χ1n) is 45.7. The van der Waals surface area contributed by atoms with Gasteiger partial charge in [-0.2, -0.15) is 0 Å². The molecule has 4 saturated heterocycles. The molecule has 16 atom stereocenters. The fourth-order valence-electron chi connectivity index (χ4n) is 17.0. The topological polar surface area (TPSA) is 351 Å². The third-order valence-corrected chi connectivity index (χ3v) is 25.0. The standard InChI is InChI=1S/4C26H29Cl2N3O4/c4*1-4-7-21(25(33)30-29-16(3)32)31-23(17-11-13-19(27)14-12-17)24(18-9-6-10-20(28)15-18)35-22(8-5-2)26(31)34/h4*5-6,9-15,21-24H,2,4,7-8H2,1,3H3,(H,29,32)(H,30,33)/t2*21-,22+,23-,24+;2*21-,22-,23+,24-/m1010/s1. The molecule has 4 heterocycles. The summed E-state index contributed by atoms with van der Waals surface area (Å²) >= 11 is 49.8. The quantitative estimate of drug-likeness (QED) is 0.0143. The fourth-order valence-corrected chi connectivity index (χ4v) is 18.3. The Morgan fingerprint density at radius 1 is 0.279 bits per heavy atom. The molecule has 140 heavy (non-hydrogen) atoms. The predicted molar refractivity (Wildman–Crippen MR) is 542 cm³/mol. The van der Waals surface area contributed by atoms with E-state index in [1.165, 1.54) is 27.7 Å². The van der Waals surface area contributed by atoms with E-state index in [1.807, 2.05) is 125 Å². The molecule has 0 bridgehead atoms. The van der Waals surface area contributed by atoms with Crippen LogP contribution in [-0.4, -0.2) is 139 Å². The Balaban J connectivity index is 0.000000209. The molecule has 0 radical (unpaired) electrons. The van der Waals surface area contributed by atoms with Crippen molar-refractivity contribution < 1.29 is 76.5 Å². The van der Waals surface area contributed by atoms with Gasteiger partial charge in [0, 0.05) is 93.6 Å². The van der Waals surface area contributed by atoms with Crippen LogP contribution in [0.3, 0.4) is 0 Å². The number of hydrogen-bond donors (Lipinski definition) is 8. The van der Waals surface area contributed by atoms with E-state index < -0.39 is 144 Å². The first-order chi connectivity index (χ1) is 67.0. The Bertz CT molecular complexity index is 4990. The average Bonchev–Trinajstić information content (AvgIpc) is 0.767. The summed E-state index contributed by atoms with van der Waals surface area (Å²) < 4.78 is 25.4. The van der Waals surface area contributed by atoms with Gasteiger partial charge in [0.15, 0.2) is 0 Å². The number of nitrogens with zero attached hydrogens (tertiary/aromatic N) is 4. The van der Waals surface area contributed by atoms with Crippen LogP contribution in [0.15, 0.2) is 245 Å². The summed E-state index contributed by atoms with van der Waals surface area (Å²) in [5.41, 5.74) is 25.1. The average molecular weight is 2070 g/mol. The van der Waals surface area contributed by atoms with Gasteiger partial charge in [0.1, 0.15) is 73.0 Å². The van der Waals surface area contributed by atoms with Crippen LogP contribution in [0.5, 0.6) is 0 Å². The number of hydrazine groups is 4. The molecular weight excluding hydrogens is 1960 g/mol. The smallest absolute Gasteiger partial charge is 0.261 e. The van der Waals surface area contributed by atoms with Crippen LogP contribution in [0.2, 0.25) is 40.2 Å². The lowest BCUT2D eigenvalue weighted by molar-refractivity contribution is -0.181. The Hall–Kier alpha value is -11.5. The van der Waals surface area contributed by atoms with E-state index >= 15 is 0 Å². The van der Waals surface area contributed by atoms with E-state index in [-0.39, 0.29) is 49.3 Å². The first-order valence-corrected chi connectivity index (χ1v) is 48.7. The summed E-state index contributed by atoms with van der Waals surface area (Å²) in [6.45, 7) is 27.9. The lowest BCUT2D eigenvalue weighted by atomic mass is 9.89. The molecule has 0 unspecified atom stereocenters. The predicted octanol–water partition coefficient (Wildman–Crippen LogP) is 19.7. The molecule has 4 fully saturated rings. The number of morpholine rings is 4. The Labute approximate surface area is 856 Å². The van der Waals surface area contributed by atoms with Crippen LogP contribution in [0, 0.1) is 0 Å². The third kappa shape index (κ3) is 30.3. The lowest BCUT2D eigenvalue weighted by Gasteiger charge is -2.47. The highest BCUT2D eigenvalue weighted by atomic mass is 35.5. The van der Waals surface area contributed by atoms with Crippen LogP contribution < -0.4 is 43.4 Å².